The van der Waals surface area contributed by atoms with E-state index in [0.717, 1.165) is 33.5 Å². The molecule has 4 aromatic rings. The SMILES string of the molecule is CNCC(O)COc1cccc(-c2nc(-c3cccc4ncccc34)cc(N(C)CCC#N)n2)c1. The molecule has 2 aromatic carbocycles. The van der Waals surface area contributed by atoms with Crippen molar-refractivity contribution in [1.82, 2.24) is 20.3 Å². The zero-order valence-electron chi connectivity index (χ0n) is 19.8. The molecule has 1 atom stereocenters. The monoisotopic (exact) mass is 468 g/mol. The number of nitriles is 1. The van der Waals surface area contributed by atoms with Crippen LogP contribution in [0.25, 0.3) is 33.5 Å². The summed E-state index contributed by atoms with van der Waals surface area (Å²) in [5, 5.41) is 22.9. The van der Waals surface area contributed by atoms with Crippen LogP contribution in [0.1, 0.15) is 6.42 Å². The minimum absolute atomic E-state index is 0.177. The van der Waals surface area contributed by atoms with Gasteiger partial charge in [0.05, 0.1) is 23.7 Å². The molecular formula is C27H28N6O2. The summed E-state index contributed by atoms with van der Waals surface area (Å²) in [6, 6.07) is 21.6. The molecule has 2 heterocycles. The smallest absolute Gasteiger partial charge is 0.162 e. The Morgan fingerprint density at radius 2 is 1.97 bits per heavy atom. The molecule has 2 N–H and O–H groups in total. The van der Waals surface area contributed by atoms with E-state index >= 15 is 0 Å². The Kier molecular flexibility index (Phi) is 7.83. The van der Waals surface area contributed by atoms with Crippen LogP contribution in [0.4, 0.5) is 5.82 Å². The van der Waals surface area contributed by atoms with Crippen LogP contribution in [0.2, 0.25) is 0 Å². The molecule has 178 valence electrons. The van der Waals surface area contributed by atoms with Crippen molar-refractivity contribution in [3.05, 3.63) is 66.9 Å². The number of nitrogens with one attached hydrogen (secondary N) is 1. The number of hydrogen-bond acceptors (Lipinski definition) is 8. The average molecular weight is 469 g/mol. The Labute approximate surface area is 204 Å². The molecule has 0 aliphatic carbocycles. The van der Waals surface area contributed by atoms with Gasteiger partial charge in [0.25, 0.3) is 0 Å². The maximum Gasteiger partial charge on any atom is 0.162 e. The third kappa shape index (κ3) is 5.90. The number of nitrogens with zero attached hydrogens (tertiary/aromatic N) is 5. The molecule has 0 fully saturated rings. The van der Waals surface area contributed by atoms with Gasteiger partial charge in [0.1, 0.15) is 24.3 Å². The number of likely N-dealkylation sites (N-methyl/N-ethyl adjacent to an activating group) is 1. The van der Waals surface area contributed by atoms with Crippen molar-refractivity contribution >= 4 is 16.7 Å². The van der Waals surface area contributed by atoms with E-state index < -0.39 is 6.10 Å². The topological polar surface area (TPSA) is 107 Å². The summed E-state index contributed by atoms with van der Waals surface area (Å²) in [4.78, 5) is 16.1. The van der Waals surface area contributed by atoms with E-state index in [1.807, 2.05) is 72.6 Å². The second-order valence-electron chi connectivity index (χ2n) is 8.19. The Hall–Kier alpha value is -4.06. The van der Waals surface area contributed by atoms with Gasteiger partial charge in [0, 0.05) is 48.9 Å². The Balaban J connectivity index is 1.76. The van der Waals surface area contributed by atoms with Crippen LogP contribution < -0.4 is 15.0 Å². The van der Waals surface area contributed by atoms with Gasteiger partial charge in [-0.1, -0.05) is 30.3 Å². The van der Waals surface area contributed by atoms with Crippen molar-refractivity contribution in [1.29, 1.82) is 5.26 Å². The lowest BCUT2D eigenvalue weighted by Crippen LogP contribution is -2.29. The van der Waals surface area contributed by atoms with E-state index in [2.05, 4.69) is 16.4 Å². The quantitative estimate of drug-likeness (QED) is 0.363. The molecule has 0 saturated heterocycles. The fraction of sp³-hybridized carbons (Fsp3) is 0.259. The third-order valence-corrected chi connectivity index (χ3v) is 5.56. The van der Waals surface area contributed by atoms with Crippen molar-refractivity contribution in [3.8, 4) is 34.5 Å². The first kappa shape index (κ1) is 24.1. The summed E-state index contributed by atoms with van der Waals surface area (Å²) < 4.78 is 5.79. The van der Waals surface area contributed by atoms with Crippen molar-refractivity contribution < 1.29 is 9.84 Å². The van der Waals surface area contributed by atoms with Crippen LogP contribution in [0.15, 0.2) is 66.9 Å². The number of pyridine rings is 1. The maximum atomic E-state index is 9.97. The van der Waals surface area contributed by atoms with Crippen LogP contribution in [-0.4, -0.2) is 60.0 Å². The summed E-state index contributed by atoms with van der Waals surface area (Å²) >= 11 is 0. The van der Waals surface area contributed by atoms with Gasteiger partial charge in [-0.05, 0) is 31.3 Å². The van der Waals surface area contributed by atoms with Gasteiger partial charge < -0.3 is 20.1 Å². The van der Waals surface area contributed by atoms with Gasteiger partial charge in [-0.15, -0.1) is 0 Å². The molecule has 1 unspecified atom stereocenters. The number of rotatable bonds is 10. The molecule has 0 spiro atoms. The fourth-order valence-electron chi connectivity index (χ4n) is 3.77. The van der Waals surface area contributed by atoms with Crippen molar-refractivity contribution in [2.75, 3.05) is 38.7 Å². The largest absolute Gasteiger partial charge is 0.491 e. The zero-order valence-corrected chi connectivity index (χ0v) is 19.8. The number of benzene rings is 2. The third-order valence-electron chi connectivity index (χ3n) is 5.56. The first-order valence-corrected chi connectivity index (χ1v) is 11.5. The Bertz CT molecular complexity index is 1330. The summed E-state index contributed by atoms with van der Waals surface area (Å²) in [7, 11) is 3.70. The standard InChI is InChI=1S/C27H28N6O2/c1-29-17-20(34)18-35-21-8-3-7-19(15-21)27-31-25(16-26(32-27)33(2)14-6-12-28)23-9-4-11-24-22(23)10-5-13-30-24/h3-5,7-11,13,15-16,20,29,34H,6,14,17-18H2,1-2H3. The van der Waals surface area contributed by atoms with Crippen LogP contribution in [0.5, 0.6) is 5.75 Å². The first-order chi connectivity index (χ1) is 17.1. The predicted octanol–water partition coefficient (Wildman–Crippen LogP) is 3.67. The normalized spacial score (nSPS) is 11.7. The second kappa shape index (κ2) is 11.4. The minimum atomic E-state index is -0.608. The lowest BCUT2D eigenvalue weighted by Gasteiger charge is -2.19. The summed E-state index contributed by atoms with van der Waals surface area (Å²) in [5.74, 6) is 1.89. The highest BCUT2D eigenvalue weighted by Gasteiger charge is 2.14. The van der Waals surface area contributed by atoms with E-state index in [4.69, 9.17) is 20.0 Å². The second-order valence-corrected chi connectivity index (χ2v) is 8.19. The summed E-state index contributed by atoms with van der Waals surface area (Å²) in [5.41, 5.74) is 3.40. The molecule has 8 heteroatoms. The Morgan fingerprint density at radius 1 is 1.11 bits per heavy atom. The molecule has 0 radical (unpaired) electrons. The highest BCUT2D eigenvalue weighted by atomic mass is 16.5. The van der Waals surface area contributed by atoms with Gasteiger partial charge in [0.15, 0.2) is 5.82 Å². The van der Waals surface area contributed by atoms with Gasteiger partial charge in [-0.3, -0.25) is 4.98 Å². The number of aliphatic hydroxyl groups is 1. The molecule has 8 nitrogen and oxygen atoms in total. The van der Waals surface area contributed by atoms with Crippen LogP contribution >= 0.6 is 0 Å². The van der Waals surface area contributed by atoms with E-state index in [9.17, 15) is 5.11 Å². The summed E-state index contributed by atoms with van der Waals surface area (Å²) in [6.45, 7) is 1.18. The first-order valence-electron chi connectivity index (χ1n) is 11.5. The zero-order chi connectivity index (χ0) is 24.6. The van der Waals surface area contributed by atoms with Gasteiger partial charge >= 0.3 is 0 Å². The van der Waals surface area contributed by atoms with Gasteiger partial charge in [0.2, 0.25) is 0 Å². The molecule has 0 bridgehead atoms. The molecule has 2 aromatic heterocycles. The van der Waals surface area contributed by atoms with Crippen molar-refractivity contribution in [2.24, 2.45) is 0 Å². The molecular weight excluding hydrogens is 440 g/mol. The highest BCUT2D eigenvalue weighted by Crippen LogP contribution is 2.31. The number of aliphatic hydroxyl groups excluding tert-OH is 1. The predicted molar refractivity (Wildman–Crippen MR) is 137 cm³/mol. The van der Waals surface area contributed by atoms with E-state index in [0.29, 0.717) is 31.1 Å². The number of fused-ring (bicyclic) bond motifs is 1. The highest BCUT2D eigenvalue weighted by molar-refractivity contribution is 5.94. The molecule has 35 heavy (non-hydrogen) atoms. The lowest BCUT2D eigenvalue weighted by molar-refractivity contribution is 0.108. The average Bonchev–Trinajstić information content (AvgIpc) is 2.90. The molecule has 0 aliphatic rings. The van der Waals surface area contributed by atoms with Gasteiger partial charge in [-0.2, -0.15) is 5.26 Å². The number of hydrogen-bond donors (Lipinski definition) is 2. The van der Waals surface area contributed by atoms with Crippen molar-refractivity contribution in [3.63, 3.8) is 0 Å². The maximum absolute atomic E-state index is 9.97. The van der Waals surface area contributed by atoms with Crippen LogP contribution in [0, 0.1) is 11.3 Å². The summed E-state index contributed by atoms with van der Waals surface area (Å²) in [6.07, 6.45) is 1.56. The van der Waals surface area contributed by atoms with Gasteiger partial charge in [-0.25, -0.2) is 9.97 Å². The van der Waals surface area contributed by atoms with Crippen LogP contribution in [0.3, 0.4) is 0 Å². The molecule has 0 aliphatic heterocycles. The van der Waals surface area contributed by atoms with Crippen molar-refractivity contribution in [2.45, 2.75) is 12.5 Å². The number of aromatic nitrogens is 3. The Morgan fingerprint density at radius 3 is 2.80 bits per heavy atom. The molecule has 4 rings (SSSR count). The van der Waals surface area contributed by atoms with Crippen LogP contribution in [-0.2, 0) is 0 Å². The number of anilines is 1. The lowest BCUT2D eigenvalue weighted by atomic mass is 10.0. The molecule has 0 saturated carbocycles. The number of ether oxygens (including phenoxy) is 1. The van der Waals surface area contributed by atoms with E-state index in [1.54, 1.807) is 13.2 Å². The minimum Gasteiger partial charge on any atom is -0.491 e. The molecule has 0 amide bonds. The van der Waals surface area contributed by atoms with E-state index in [-0.39, 0.29) is 6.61 Å². The fourth-order valence-corrected chi connectivity index (χ4v) is 3.77. The van der Waals surface area contributed by atoms with E-state index in [1.165, 1.54) is 0 Å².